The van der Waals surface area contributed by atoms with Crippen LogP contribution in [0.2, 0.25) is 0 Å². The van der Waals surface area contributed by atoms with Crippen molar-refractivity contribution in [1.29, 1.82) is 0 Å². The van der Waals surface area contributed by atoms with Gasteiger partial charge in [-0.3, -0.25) is 20.1 Å². The number of hydrogen-bond acceptors (Lipinski definition) is 4. The van der Waals surface area contributed by atoms with Gasteiger partial charge < -0.3 is 5.73 Å². The van der Waals surface area contributed by atoms with Crippen LogP contribution in [0.1, 0.15) is 49.4 Å². The maximum Gasteiger partial charge on any atom is 0.242 e. The van der Waals surface area contributed by atoms with E-state index in [0.717, 1.165) is 23.1 Å². The van der Waals surface area contributed by atoms with Crippen molar-refractivity contribution in [1.82, 2.24) is 15.3 Å². The molecule has 5 nitrogen and oxygen atoms in total. The lowest BCUT2D eigenvalue weighted by molar-refractivity contribution is -0.125. The number of rotatable bonds is 9. The Hall–Kier alpha value is -3.05. The van der Waals surface area contributed by atoms with Crippen molar-refractivity contribution in [3.63, 3.8) is 0 Å². The molecule has 0 aliphatic rings. The van der Waals surface area contributed by atoms with E-state index < -0.39 is 5.54 Å². The molecule has 162 valence electrons. The van der Waals surface area contributed by atoms with Crippen LogP contribution in [0.4, 0.5) is 0 Å². The van der Waals surface area contributed by atoms with Crippen LogP contribution >= 0.6 is 0 Å². The second-order valence-corrected chi connectivity index (χ2v) is 9.00. The Morgan fingerprint density at radius 2 is 1.42 bits per heavy atom. The number of hydrogen-bond donors (Lipinski definition) is 2. The molecule has 0 aliphatic heterocycles. The highest BCUT2D eigenvalue weighted by Crippen LogP contribution is 2.30. The van der Waals surface area contributed by atoms with Gasteiger partial charge in [0, 0.05) is 31.3 Å². The molecule has 3 rings (SSSR count). The van der Waals surface area contributed by atoms with E-state index in [1.807, 2.05) is 48.8 Å². The van der Waals surface area contributed by atoms with Crippen LogP contribution in [0.25, 0.3) is 0 Å². The minimum absolute atomic E-state index is 0.0390. The predicted octanol–water partition coefficient (Wildman–Crippen LogP) is 3.92. The lowest BCUT2D eigenvalue weighted by atomic mass is 9.80. The first kappa shape index (κ1) is 22.6. The second-order valence-electron chi connectivity index (χ2n) is 9.00. The SMILES string of the molecule is CC(C)(C)c1ccc(C(CCc2cccnc2)(NCCc2cccnc2)C(N)=O)cc1. The molecule has 5 heteroatoms. The lowest BCUT2D eigenvalue weighted by Gasteiger charge is -2.33. The van der Waals surface area contributed by atoms with E-state index in [-0.39, 0.29) is 11.3 Å². The fourth-order valence-corrected chi connectivity index (χ4v) is 3.79. The number of carbonyl (C=O) groups excluding carboxylic acids is 1. The smallest absolute Gasteiger partial charge is 0.242 e. The van der Waals surface area contributed by atoms with Gasteiger partial charge in [0.15, 0.2) is 0 Å². The Morgan fingerprint density at radius 3 is 1.90 bits per heavy atom. The van der Waals surface area contributed by atoms with Crippen LogP contribution in [0.15, 0.2) is 73.3 Å². The molecule has 0 fully saturated rings. The first-order chi connectivity index (χ1) is 14.8. The zero-order chi connectivity index (χ0) is 22.3. The van der Waals surface area contributed by atoms with E-state index in [9.17, 15) is 4.79 Å². The highest BCUT2D eigenvalue weighted by molar-refractivity contribution is 5.86. The minimum Gasteiger partial charge on any atom is -0.368 e. The van der Waals surface area contributed by atoms with Crippen molar-refractivity contribution in [2.45, 2.75) is 51.0 Å². The summed E-state index contributed by atoms with van der Waals surface area (Å²) in [5, 5.41) is 3.50. The molecule has 0 spiro atoms. The molecule has 1 atom stereocenters. The van der Waals surface area contributed by atoms with E-state index in [4.69, 9.17) is 5.73 Å². The minimum atomic E-state index is -0.964. The largest absolute Gasteiger partial charge is 0.368 e. The van der Waals surface area contributed by atoms with Crippen molar-refractivity contribution in [3.05, 3.63) is 95.6 Å². The van der Waals surface area contributed by atoms with Gasteiger partial charge in [0.2, 0.25) is 5.91 Å². The number of nitrogens with zero attached hydrogens (tertiary/aromatic N) is 2. The summed E-state index contributed by atoms with van der Waals surface area (Å²) in [6.07, 6.45) is 9.20. The van der Waals surface area contributed by atoms with E-state index in [1.165, 1.54) is 5.56 Å². The molecule has 1 aromatic carbocycles. The molecule has 0 saturated heterocycles. The number of aryl methyl sites for hydroxylation is 1. The van der Waals surface area contributed by atoms with Crippen molar-refractivity contribution in [2.75, 3.05) is 6.54 Å². The summed E-state index contributed by atoms with van der Waals surface area (Å²) >= 11 is 0. The molecule has 0 radical (unpaired) electrons. The van der Waals surface area contributed by atoms with Gasteiger partial charge in [0.1, 0.15) is 5.54 Å². The molecule has 0 bridgehead atoms. The summed E-state index contributed by atoms with van der Waals surface area (Å²) < 4.78 is 0. The first-order valence-electron chi connectivity index (χ1n) is 10.7. The number of benzene rings is 1. The average Bonchev–Trinajstić information content (AvgIpc) is 2.77. The van der Waals surface area contributed by atoms with Gasteiger partial charge in [-0.2, -0.15) is 0 Å². The maximum absolute atomic E-state index is 12.9. The lowest BCUT2D eigenvalue weighted by Crippen LogP contribution is -2.53. The third-order valence-electron chi connectivity index (χ3n) is 5.74. The monoisotopic (exact) mass is 416 g/mol. The van der Waals surface area contributed by atoms with Crippen molar-refractivity contribution in [3.8, 4) is 0 Å². The van der Waals surface area contributed by atoms with Crippen LogP contribution in [0.5, 0.6) is 0 Å². The number of nitrogens with two attached hydrogens (primary N) is 1. The van der Waals surface area contributed by atoms with Crippen LogP contribution in [0, 0.1) is 0 Å². The molecule has 1 amide bonds. The number of carbonyl (C=O) groups is 1. The van der Waals surface area contributed by atoms with Gasteiger partial charge >= 0.3 is 0 Å². The van der Waals surface area contributed by atoms with Gasteiger partial charge in [-0.15, -0.1) is 0 Å². The Kier molecular flexibility index (Phi) is 7.18. The number of amides is 1. The number of primary amides is 1. The van der Waals surface area contributed by atoms with Crippen LogP contribution in [-0.4, -0.2) is 22.4 Å². The summed E-state index contributed by atoms with van der Waals surface area (Å²) in [5.41, 5.74) is 9.42. The van der Waals surface area contributed by atoms with Gasteiger partial charge in [0.05, 0.1) is 0 Å². The summed E-state index contributed by atoms with van der Waals surface area (Å²) in [6.45, 7) is 7.15. The Morgan fingerprint density at radius 1 is 0.871 bits per heavy atom. The molecule has 0 saturated carbocycles. The topological polar surface area (TPSA) is 80.9 Å². The molecular formula is C26H32N4O. The predicted molar refractivity (Wildman–Crippen MR) is 125 cm³/mol. The van der Waals surface area contributed by atoms with Gasteiger partial charge in [-0.1, -0.05) is 57.2 Å². The average molecular weight is 417 g/mol. The van der Waals surface area contributed by atoms with Crippen molar-refractivity contribution >= 4 is 5.91 Å². The maximum atomic E-state index is 12.9. The van der Waals surface area contributed by atoms with Crippen LogP contribution in [-0.2, 0) is 28.6 Å². The quantitative estimate of drug-likeness (QED) is 0.554. The first-order valence-corrected chi connectivity index (χ1v) is 10.7. The third-order valence-corrected chi connectivity index (χ3v) is 5.74. The van der Waals surface area contributed by atoms with E-state index in [0.29, 0.717) is 19.4 Å². The fourth-order valence-electron chi connectivity index (χ4n) is 3.79. The fraction of sp³-hybridized carbons (Fsp3) is 0.346. The highest BCUT2D eigenvalue weighted by atomic mass is 16.1. The zero-order valence-corrected chi connectivity index (χ0v) is 18.6. The Bertz CT molecular complexity index is 966. The number of pyridine rings is 2. The zero-order valence-electron chi connectivity index (χ0n) is 18.6. The molecule has 0 aliphatic carbocycles. The van der Waals surface area contributed by atoms with Crippen LogP contribution in [0.3, 0.4) is 0 Å². The second kappa shape index (κ2) is 9.84. The summed E-state index contributed by atoms with van der Waals surface area (Å²) in [5.74, 6) is -0.369. The van der Waals surface area contributed by atoms with E-state index in [1.54, 1.807) is 12.4 Å². The molecule has 3 N–H and O–H groups in total. The van der Waals surface area contributed by atoms with E-state index >= 15 is 0 Å². The summed E-state index contributed by atoms with van der Waals surface area (Å²) in [6, 6.07) is 16.2. The molecule has 31 heavy (non-hydrogen) atoms. The molecule has 3 aromatic rings. The Balaban J connectivity index is 1.88. The van der Waals surface area contributed by atoms with Gasteiger partial charge in [-0.25, -0.2) is 0 Å². The summed E-state index contributed by atoms with van der Waals surface area (Å²) in [7, 11) is 0. The van der Waals surface area contributed by atoms with Gasteiger partial charge in [0.25, 0.3) is 0 Å². The molecule has 1 unspecified atom stereocenters. The van der Waals surface area contributed by atoms with Crippen LogP contribution < -0.4 is 11.1 Å². The normalized spacial score (nSPS) is 13.5. The molecular weight excluding hydrogens is 384 g/mol. The Labute approximate surface area is 185 Å². The van der Waals surface area contributed by atoms with E-state index in [2.05, 4.69) is 48.2 Å². The van der Waals surface area contributed by atoms with Crippen molar-refractivity contribution < 1.29 is 4.79 Å². The highest BCUT2D eigenvalue weighted by Gasteiger charge is 2.38. The third kappa shape index (κ3) is 5.76. The molecule has 2 heterocycles. The standard InChI is InChI=1S/C26H32N4O/c1-25(2,3)22-8-10-23(11-9-22)26(24(27)31,14-12-20-6-4-15-28-18-20)30-17-13-21-7-5-16-29-19-21/h4-11,15-16,18-19,30H,12-14,17H2,1-3H3,(H2,27,31). The number of nitrogens with one attached hydrogen (secondary N) is 1. The number of aromatic nitrogens is 2. The summed E-state index contributed by atoms with van der Waals surface area (Å²) in [4.78, 5) is 21.3. The van der Waals surface area contributed by atoms with Crippen molar-refractivity contribution in [2.24, 2.45) is 5.73 Å². The molecule has 2 aromatic heterocycles. The van der Waals surface area contributed by atoms with Gasteiger partial charge in [-0.05, 0) is 59.1 Å².